The molecule has 57 heavy (non-hydrogen) atoms. The molecule has 0 fully saturated rings. The Bertz CT molecular complexity index is 2440. The van der Waals surface area contributed by atoms with E-state index in [0.29, 0.717) is 22.8 Å². The predicted octanol–water partition coefficient (Wildman–Crippen LogP) is 13.9. The summed E-state index contributed by atoms with van der Waals surface area (Å²) >= 11 is 0. The number of pyridine rings is 1. The van der Waals surface area contributed by atoms with Crippen molar-refractivity contribution < 1.29 is 25.8 Å². The summed E-state index contributed by atoms with van der Waals surface area (Å²) in [5, 5.41) is 7.55. The van der Waals surface area contributed by atoms with E-state index in [0.717, 1.165) is 59.3 Å². The van der Waals surface area contributed by atoms with Gasteiger partial charge in [-0.15, -0.1) is 35.7 Å². The van der Waals surface area contributed by atoms with Crippen molar-refractivity contribution in [3.05, 3.63) is 132 Å². The van der Waals surface area contributed by atoms with Crippen LogP contribution < -0.4 is 4.74 Å². The van der Waals surface area contributed by atoms with E-state index in [2.05, 4.69) is 156 Å². The van der Waals surface area contributed by atoms with E-state index in [9.17, 15) is 0 Å². The second-order valence-electron chi connectivity index (χ2n) is 17.8. The van der Waals surface area contributed by atoms with Crippen molar-refractivity contribution in [2.45, 2.75) is 119 Å². The Morgan fingerprint density at radius 3 is 2.25 bits per heavy atom. The molecule has 0 N–H and O–H groups in total. The topological polar surface area (TPSA) is 44.9 Å². The molecule has 0 aliphatic heterocycles. The molecular weight excluding hydrogens is 880 g/mol. The molecule has 5 nitrogen and oxygen atoms in total. The Kier molecular flexibility index (Phi) is 13.0. The predicted molar refractivity (Wildman–Crippen MR) is 234 cm³/mol. The van der Waals surface area contributed by atoms with E-state index < -0.39 is 0 Å². The number of ether oxygens (including phenoxy) is 1. The van der Waals surface area contributed by atoms with Gasteiger partial charge in [-0.25, -0.2) is 4.98 Å². The van der Waals surface area contributed by atoms with Crippen molar-refractivity contribution >= 4 is 21.8 Å². The van der Waals surface area contributed by atoms with Gasteiger partial charge in [-0.3, -0.25) is 4.68 Å². The maximum absolute atomic E-state index is 6.63. The van der Waals surface area contributed by atoms with Gasteiger partial charge in [0.15, 0.2) is 0 Å². The quantitative estimate of drug-likeness (QED) is 0.108. The molecular formula is C51H58N4OPt. The zero-order valence-corrected chi connectivity index (χ0v) is 37.6. The zero-order valence-electron chi connectivity index (χ0n) is 35.3. The Hall–Kier alpha value is -4.47. The van der Waals surface area contributed by atoms with Crippen molar-refractivity contribution in [2.24, 2.45) is 5.41 Å². The first-order valence-corrected chi connectivity index (χ1v) is 20.7. The van der Waals surface area contributed by atoms with Crippen molar-refractivity contribution in [3.63, 3.8) is 0 Å². The fourth-order valence-corrected chi connectivity index (χ4v) is 7.92. The normalized spacial score (nSPS) is 12.6. The minimum atomic E-state index is -0.0182. The first-order valence-electron chi connectivity index (χ1n) is 20.7. The van der Waals surface area contributed by atoms with Gasteiger partial charge in [0.2, 0.25) is 0 Å². The number of nitrogens with zero attached hydrogens (tertiary/aromatic N) is 4. The molecule has 0 radical (unpaired) electrons. The summed E-state index contributed by atoms with van der Waals surface area (Å²) in [6.07, 6.45) is 9.41. The molecule has 7 aromatic rings. The van der Waals surface area contributed by atoms with Crippen LogP contribution >= 0.6 is 0 Å². The van der Waals surface area contributed by atoms with Gasteiger partial charge in [0, 0.05) is 34.5 Å². The zero-order chi connectivity index (χ0) is 39.6. The number of hydrogen-bond acceptors (Lipinski definition) is 3. The third-order valence-corrected chi connectivity index (χ3v) is 10.9. The summed E-state index contributed by atoms with van der Waals surface area (Å²) in [6, 6.07) is 39.5. The van der Waals surface area contributed by atoms with Crippen LogP contribution in [0.5, 0.6) is 11.5 Å². The van der Waals surface area contributed by atoms with Crippen molar-refractivity contribution in [2.75, 3.05) is 0 Å². The summed E-state index contributed by atoms with van der Waals surface area (Å²) in [4.78, 5) is 4.93. The maximum atomic E-state index is 6.63. The van der Waals surface area contributed by atoms with Crippen LogP contribution in [0.2, 0.25) is 0 Å². The van der Waals surface area contributed by atoms with E-state index in [1.807, 2.05) is 24.4 Å². The van der Waals surface area contributed by atoms with E-state index in [4.69, 9.17) is 14.8 Å². The van der Waals surface area contributed by atoms with Crippen LogP contribution in [0, 0.1) is 17.5 Å². The summed E-state index contributed by atoms with van der Waals surface area (Å²) in [5.41, 5.74) is 10.6. The molecule has 1 atom stereocenters. The summed E-state index contributed by atoms with van der Waals surface area (Å²) in [7, 11) is 0. The van der Waals surface area contributed by atoms with Crippen molar-refractivity contribution in [1.29, 1.82) is 0 Å². The Balaban J connectivity index is 0.00000549. The van der Waals surface area contributed by atoms with Crippen LogP contribution in [0.15, 0.2) is 97.2 Å². The van der Waals surface area contributed by atoms with Gasteiger partial charge in [-0.05, 0) is 88.4 Å². The van der Waals surface area contributed by atoms with Crippen molar-refractivity contribution in [3.8, 4) is 34.1 Å². The molecule has 1 unspecified atom stereocenters. The van der Waals surface area contributed by atoms with E-state index in [1.54, 1.807) is 0 Å². The first-order chi connectivity index (χ1) is 26.8. The minimum Gasteiger partial charge on any atom is -0.509 e. The molecule has 0 bridgehead atoms. The molecule has 0 spiro atoms. The van der Waals surface area contributed by atoms with Gasteiger partial charge < -0.3 is 9.30 Å². The van der Waals surface area contributed by atoms with Gasteiger partial charge in [0.25, 0.3) is 0 Å². The molecule has 298 valence electrons. The average molecular weight is 938 g/mol. The Morgan fingerprint density at radius 1 is 0.772 bits per heavy atom. The van der Waals surface area contributed by atoms with Gasteiger partial charge in [-0.2, -0.15) is 17.2 Å². The molecule has 3 aromatic heterocycles. The number of fused-ring (bicyclic) bond motifs is 3. The van der Waals surface area contributed by atoms with Crippen LogP contribution in [0.4, 0.5) is 0 Å². The van der Waals surface area contributed by atoms with Crippen LogP contribution in [0.1, 0.15) is 123 Å². The van der Waals surface area contributed by atoms with Gasteiger partial charge in [-0.1, -0.05) is 130 Å². The second kappa shape index (κ2) is 17.6. The Labute approximate surface area is 355 Å². The molecule has 4 aromatic carbocycles. The largest absolute Gasteiger partial charge is 2.00 e. The minimum absolute atomic E-state index is 0. The maximum Gasteiger partial charge on any atom is 2.00 e. The molecule has 0 saturated heterocycles. The molecule has 3 heterocycles. The standard InChI is InChI=1S/C51H58N4O.Pt/c1-10-17-44-49(36-20-13-12-14-21-36)46(18-11-2)55(53-44)39-22-15-23-40(33-39)56-41-25-26-42-43-31-37(35(3)19-16-29-50(4,5)6)24-27-45(43)54(47(42)34-41)48-32-38(28-30-52-48)51(7,8)9;/h12-15,20-28,30-32,35H,10-11,16-19,29H2,1-9H3;/q-2;+2. The van der Waals surface area contributed by atoms with E-state index >= 15 is 0 Å². The molecule has 0 aliphatic rings. The second-order valence-corrected chi connectivity index (χ2v) is 17.8. The number of aryl methyl sites for hydroxylation is 1. The van der Waals surface area contributed by atoms with Gasteiger partial charge >= 0.3 is 21.1 Å². The van der Waals surface area contributed by atoms with Gasteiger partial charge in [0.05, 0.1) is 5.69 Å². The van der Waals surface area contributed by atoms with Crippen LogP contribution in [-0.4, -0.2) is 19.3 Å². The third kappa shape index (κ3) is 9.31. The van der Waals surface area contributed by atoms with Gasteiger partial charge in [0.1, 0.15) is 5.82 Å². The molecule has 0 aliphatic carbocycles. The summed E-state index contributed by atoms with van der Waals surface area (Å²) in [5.74, 6) is 2.59. The Morgan fingerprint density at radius 2 is 1.53 bits per heavy atom. The molecule has 0 amide bonds. The van der Waals surface area contributed by atoms with E-state index in [1.165, 1.54) is 52.6 Å². The van der Waals surface area contributed by atoms with Crippen LogP contribution in [0.25, 0.3) is 44.4 Å². The fraction of sp³-hybridized carbons (Fsp3) is 0.373. The SMILES string of the molecule is CCCc1nn(-c2[c-]c(Oc3[c-]c4c(cc3)c3cc(C(C)CCCC(C)(C)C)ccc3n4-c3cc(C(C)(C)C)ccn3)ccc2)c(CCC)c1-c1ccccc1.[Pt+2]. The number of benzene rings is 4. The molecule has 6 heteroatoms. The smallest absolute Gasteiger partial charge is 0.509 e. The molecule has 0 saturated carbocycles. The molecule has 7 rings (SSSR count). The first kappa shape index (κ1) is 42.1. The van der Waals surface area contributed by atoms with Crippen LogP contribution in [-0.2, 0) is 39.3 Å². The fourth-order valence-electron chi connectivity index (χ4n) is 7.92. The number of aromatic nitrogens is 4. The monoisotopic (exact) mass is 937 g/mol. The summed E-state index contributed by atoms with van der Waals surface area (Å²) in [6.45, 7) is 20.5. The van der Waals surface area contributed by atoms with Crippen LogP contribution in [0.3, 0.4) is 0 Å². The van der Waals surface area contributed by atoms with E-state index in [-0.39, 0.29) is 26.5 Å². The van der Waals surface area contributed by atoms with Crippen molar-refractivity contribution in [1.82, 2.24) is 19.3 Å². The number of rotatable bonds is 13. The average Bonchev–Trinajstić information content (AvgIpc) is 3.69. The number of hydrogen-bond donors (Lipinski definition) is 0. The third-order valence-electron chi connectivity index (χ3n) is 10.9. The summed E-state index contributed by atoms with van der Waals surface area (Å²) < 4.78 is 11.0.